The van der Waals surface area contributed by atoms with Gasteiger partial charge in [0.15, 0.2) is 0 Å². The average Bonchev–Trinajstić information content (AvgIpc) is 2.85. The number of rotatable bonds is 2. The van der Waals surface area contributed by atoms with Crippen molar-refractivity contribution in [3.05, 3.63) is 33.5 Å². The van der Waals surface area contributed by atoms with Gasteiger partial charge < -0.3 is 9.73 Å². The number of hydrogen-bond donors (Lipinski definition) is 1. The molecule has 1 aromatic heterocycles. The molecule has 1 N–H and O–H groups in total. The van der Waals surface area contributed by atoms with Crippen molar-refractivity contribution in [2.75, 3.05) is 6.54 Å². The van der Waals surface area contributed by atoms with E-state index in [9.17, 15) is 4.79 Å². The molecule has 0 radical (unpaired) electrons. The number of fused-ring (bicyclic) bond motifs is 1. The smallest absolute Gasteiger partial charge is 0.396 e. The van der Waals surface area contributed by atoms with Gasteiger partial charge in [-0.3, -0.25) is 0 Å². The minimum atomic E-state index is -0.217. The zero-order chi connectivity index (χ0) is 11.0. The van der Waals surface area contributed by atoms with E-state index in [0.717, 1.165) is 17.7 Å². The molecule has 4 heteroatoms. The van der Waals surface area contributed by atoms with Gasteiger partial charge in [-0.1, -0.05) is 17.4 Å². The Morgan fingerprint density at radius 1 is 1.50 bits per heavy atom. The molecule has 1 fully saturated rings. The third kappa shape index (κ3) is 1.90. The van der Waals surface area contributed by atoms with Crippen molar-refractivity contribution in [1.29, 1.82) is 0 Å². The molecule has 2 aromatic rings. The third-order valence-electron chi connectivity index (χ3n) is 3.04. The Bertz CT molecular complexity index is 551. The summed E-state index contributed by atoms with van der Waals surface area (Å²) in [6, 6.07) is 6.63. The second-order valence-electron chi connectivity index (χ2n) is 4.23. The summed E-state index contributed by atoms with van der Waals surface area (Å²) in [6.45, 7) is 1.13. The standard InChI is InChI=1S/C12H13NO2S/c14-12-15-10-4-3-8(7-11(10)16-12)6-9-2-1-5-13-9/h3-4,7,9,13H,1-2,5-6H2. The van der Waals surface area contributed by atoms with Gasteiger partial charge in [-0.25, -0.2) is 4.79 Å². The first-order chi connectivity index (χ1) is 7.81. The summed E-state index contributed by atoms with van der Waals surface area (Å²) in [5.74, 6) is 0. The Kier molecular flexibility index (Phi) is 2.53. The van der Waals surface area contributed by atoms with Crippen LogP contribution in [0.5, 0.6) is 0 Å². The highest BCUT2D eigenvalue weighted by molar-refractivity contribution is 7.16. The summed E-state index contributed by atoms with van der Waals surface area (Å²) < 4.78 is 6.00. The second kappa shape index (κ2) is 4.03. The van der Waals surface area contributed by atoms with E-state index < -0.39 is 0 Å². The molecule has 16 heavy (non-hydrogen) atoms. The summed E-state index contributed by atoms with van der Waals surface area (Å²) >= 11 is 1.18. The van der Waals surface area contributed by atoms with Crippen LogP contribution in [-0.2, 0) is 6.42 Å². The zero-order valence-corrected chi connectivity index (χ0v) is 9.68. The van der Waals surface area contributed by atoms with E-state index in [1.165, 1.54) is 29.7 Å². The molecule has 0 amide bonds. The SMILES string of the molecule is O=c1oc2ccc(CC3CCCN3)cc2s1. The first kappa shape index (κ1) is 10.1. The monoisotopic (exact) mass is 235 g/mol. The fraction of sp³-hybridized carbons (Fsp3) is 0.417. The quantitative estimate of drug-likeness (QED) is 0.867. The maximum atomic E-state index is 11.1. The number of nitrogens with one attached hydrogen (secondary N) is 1. The van der Waals surface area contributed by atoms with E-state index in [2.05, 4.69) is 17.4 Å². The van der Waals surface area contributed by atoms with Crippen molar-refractivity contribution in [2.24, 2.45) is 0 Å². The zero-order valence-electron chi connectivity index (χ0n) is 8.86. The molecule has 3 nitrogen and oxygen atoms in total. The second-order valence-corrected chi connectivity index (χ2v) is 5.21. The Hall–Kier alpha value is -1.13. The molecular weight excluding hydrogens is 222 g/mol. The van der Waals surface area contributed by atoms with Gasteiger partial charge in [0.1, 0.15) is 5.58 Å². The van der Waals surface area contributed by atoms with Crippen LogP contribution in [0.3, 0.4) is 0 Å². The molecule has 1 unspecified atom stereocenters. The van der Waals surface area contributed by atoms with Crippen LogP contribution in [0.25, 0.3) is 10.3 Å². The van der Waals surface area contributed by atoms with Crippen LogP contribution in [0.2, 0.25) is 0 Å². The molecule has 1 aliphatic rings. The van der Waals surface area contributed by atoms with Crippen LogP contribution >= 0.6 is 11.3 Å². The molecular formula is C12H13NO2S. The lowest BCUT2D eigenvalue weighted by atomic mass is 10.0. The summed E-state index contributed by atoms with van der Waals surface area (Å²) in [5.41, 5.74) is 1.99. The molecule has 2 heterocycles. The van der Waals surface area contributed by atoms with Gasteiger partial charge in [-0.05, 0) is 43.5 Å². The van der Waals surface area contributed by atoms with Crippen LogP contribution in [0, 0.1) is 0 Å². The molecule has 1 saturated heterocycles. The minimum absolute atomic E-state index is 0.217. The average molecular weight is 235 g/mol. The van der Waals surface area contributed by atoms with Crippen molar-refractivity contribution < 1.29 is 4.42 Å². The maximum absolute atomic E-state index is 11.1. The molecule has 0 bridgehead atoms. The van der Waals surface area contributed by atoms with Gasteiger partial charge in [0.05, 0.1) is 4.70 Å². The van der Waals surface area contributed by atoms with Gasteiger partial charge in [-0.15, -0.1) is 0 Å². The van der Waals surface area contributed by atoms with E-state index in [-0.39, 0.29) is 4.94 Å². The highest BCUT2D eigenvalue weighted by Crippen LogP contribution is 2.20. The largest absolute Gasteiger partial charge is 0.414 e. The molecule has 0 saturated carbocycles. The fourth-order valence-corrected chi connectivity index (χ4v) is 2.99. The minimum Gasteiger partial charge on any atom is -0.414 e. The Morgan fingerprint density at radius 2 is 2.44 bits per heavy atom. The van der Waals surface area contributed by atoms with Gasteiger partial charge in [0, 0.05) is 6.04 Å². The Labute approximate surface area is 97.1 Å². The van der Waals surface area contributed by atoms with Gasteiger partial charge in [0.25, 0.3) is 0 Å². The lowest BCUT2D eigenvalue weighted by Crippen LogP contribution is -2.23. The topological polar surface area (TPSA) is 42.2 Å². The van der Waals surface area contributed by atoms with Gasteiger partial charge >= 0.3 is 4.94 Å². The first-order valence-corrected chi connectivity index (χ1v) is 6.39. The van der Waals surface area contributed by atoms with Crippen LogP contribution < -0.4 is 10.3 Å². The van der Waals surface area contributed by atoms with Crippen molar-refractivity contribution in [3.63, 3.8) is 0 Å². The van der Waals surface area contributed by atoms with Gasteiger partial charge in [-0.2, -0.15) is 0 Å². The van der Waals surface area contributed by atoms with Crippen molar-refractivity contribution in [3.8, 4) is 0 Å². The first-order valence-electron chi connectivity index (χ1n) is 5.57. The van der Waals surface area contributed by atoms with Crippen LogP contribution in [0.1, 0.15) is 18.4 Å². The molecule has 1 aliphatic heterocycles. The number of benzene rings is 1. The van der Waals surface area contributed by atoms with E-state index in [0.29, 0.717) is 11.6 Å². The highest BCUT2D eigenvalue weighted by Gasteiger charge is 2.14. The normalized spacial score (nSPS) is 20.6. The van der Waals surface area contributed by atoms with E-state index in [1.807, 2.05) is 6.07 Å². The summed E-state index contributed by atoms with van der Waals surface area (Å²) in [7, 11) is 0. The molecule has 84 valence electrons. The highest BCUT2D eigenvalue weighted by atomic mass is 32.1. The maximum Gasteiger partial charge on any atom is 0.396 e. The van der Waals surface area contributed by atoms with Crippen LogP contribution in [0.15, 0.2) is 27.4 Å². The van der Waals surface area contributed by atoms with E-state index >= 15 is 0 Å². The molecule has 3 rings (SSSR count). The Morgan fingerprint density at radius 3 is 3.25 bits per heavy atom. The predicted molar refractivity (Wildman–Crippen MR) is 65.1 cm³/mol. The molecule has 0 aliphatic carbocycles. The predicted octanol–water partition coefficient (Wildman–Crippen LogP) is 2.15. The lowest BCUT2D eigenvalue weighted by molar-refractivity contribution is 0.584. The Balaban J connectivity index is 1.89. The summed E-state index contributed by atoms with van der Waals surface area (Å²) in [5, 5.41) is 3.48. The molecule has 0 spiro atoms. The molecule has 1 aromatic carbocycles. The third-order valence-corrected chi connectivity index (χ3v) is 3.83. The van der Waals surface area contributed by atoms with E-state index in [1.54, 1.807) is 0 Å². The van der Waals surface area contributed by atoms with Crippen LogP contribution in [0.4, 0.5) is 0 Å². The van der Waals surface area contributed by atoms with Crippen molar-refractivity contribution in [1.82, 2.24) is 5.32 Å². The summed E-state index contributed by atoms with van der Waals surface area (Å²) in [4.78, 5) is 10.9. The van der Waals surface area contributed by atoms with Crippen molar-refractivity contribution in [2.45, 2.75) is 25.3 Å². The fourth-order valence-electron chi connectivity index (χ4n) is 2.26. The number of hydrogen-bond acceptors (Lipinski definition) is 4. The lowest BCUT2D eigenvalue weighted by Gasteiger charge is -2.09. The van der Waals surface area contributed by atoms with E-state index in [4.69, 9.17) is 4.42 Å². The van der Waals surface area contributed by atoms with Crippen LogP contribution in [-0.4, -0.2) is 12.6 Å². The van der Waals surface area contributed by atoms with Gasteiger partial charge in [0.2, 0.25) is 0 Å². The molecule has 1 atom stereocenters. The van der Waals surface area contributed by atoms with Crippen molar-refractivity contribution >= 4 is 21.6 Å². The summed E-state index contributed by atoms with van der Waals surface area (Å²) in [6.07, 6.45) is 3.56.